The lowest BCUT2D eigenvalue weighted by Gasteiger charge is -2.37. The fourth-order valence-electron chi connectivity index (χ4n) is 4.72. The van der Waals surface area contributed by atoms with E-state index in [4.69, 9.17) is 4.74 Å². The maximum Gasteiger partial charge on any atom is 0.335 e. The van der Waals surface area contributed by atoms with Crippen LogP contribution in [0.15, 0.2) is 24.0 Å². The third kappa shape index (κ3) is 4.38. The molecule has 6 nitrogen and oxygen atoms in total. The van der Waals surface area contributed by atoms with Crippen LogP contribution in [0.25, 0.3) is 0 Å². The molecule has 2 aliphatic rings. The molecule has 0 amide bonds. The van der Waals surface area contributed by atoms with Gasteiger partial charge < -0.3 is 19.7 Å². The molecule has 0 aliphatic heterocycles. The number of hydrogen-bond donors (Lipinski definition) is 2. The molecule has 0 radical (unpaired) electrons. The summed E-state index contributed by atoms with van der Waals surface area (Å²) in [6.45, 7) is 6.36. The standard InChI is InChI=1S/C21H30O6/c1-13(2)9-18(24)27-8-6-17-16(10-14(3)23)19(25)21(26,12-22)15-5-7-20(17,4)11-15/h6,8-9,15-17,22,26H,5,7,10-12H2,1-4H3/t15-,16+,17+,20+,21-/m1/s1. The Morgan fingerprint density at radius 2 is 1.96 bits per heavy atom. The van der Waals surface area contributed by atoms with Gasteiger partial charge in [-0.1, -0.05) is 12.5 Å². The Balaban J connectivity index is 2.38. The van der Waals surface area contributed by atoms with E-state index in [-0.39, 0.29) is 29.5 Å². The first-order chi connectivity index (χ1) is 12.5. The maximum atomic E-state index is 13.1. The molecule has 2 fully saturated rings. The summed E-state index contributed by atoms with van der Waals surface area (Å²) >= 11 is 0. The van der Waals surface area contributed by atoms with Crippen molar-refractivity contribution in [1.29, 1.82) is 0 Å². The minimum absolute atomic E-state index is 0.0135. The van der Waals surface area contributed by atoms with E-state index in [0.29, 0.717) is 12.8 Å². The van der Waals surface area contributed by atoms with Crippen molar-refractivity contribution in [2.24, 2.45) is 23.2 Å². The van der Waals surface area contributed by atoms with Gasteiger partial charge in [0.1, 0.15) is 11.4 Å². The largest absolute Gasteiger partial charge is 0.432 e. The van der Waals surface area contributed by atoms with E-state index in [9.17, 15) is 24.6 Å². The van der Waals surface area contributed by atoms with Crippen LogP contribution in [-0.4, -0.2) is 40.0 Å². The Hall–Kier alpha value is -1.79. The van der Waals surface area contributed by atoms with Crippen LogP contribution in [0, 0.1) is 23.2 Å². The predicted octanol–water partition coefficient (Wildman–Crippen LogP) is 2.33. The van der Waals surface area contributed by atoms with Crippen molar-refractivity contribution in [1.82, 2.24) is 0 Å². The second kappa shape index (κ2) is 8.07. The predicted molar refractivity (Wildman–Crippen MR) is 99.4 cm³/mol. The maximum absolute atomic E-state index is 13.1. The van der Waals surface area contributed by atoms with Gasteiger partial charge in [-0.15, -0.1) is 0 Å². The highest BCUT2D eigenvalue weighted by Crippen LogP contribution is 2.57. The van der Waals surface area contributed by atoms with Gasteiger partial charge in [0.25, 0.3) is 0 Å². The van der Waals surface area contributed by atoms with Gasteiger partial charge in [-0.25, -0.2) is 4.79 Å². The first-order valence-corrected chi connectivity index (χ1v) is 9.42. The van der Waals surface area contributed by atoms with Gasteiger partial charge in [-0.3, -0.25) is 4.79 Å². The summed E-state index contributed by atoms with van der Waals surface area (Å²) < 4.78 is 5.11. The van der Waals surface area contributed by atoms with Crippen molar-refractivity contribution in [3.63, 3.8) is 0 Å². The number of allylic oxidation sites excluding steroid dienone is 2. The summed E-state index contributed by atoms with van der Waals surface area (Å²) in [4.78, 5) is 36.7. The third-order valence-corrected chi connectivity index (χ3v) is 6.08. The van der Waals surface area contributed by atoms with Crippen LogP contribution < -0.4 is 0 Å². The molecular formula is C21H30O6. The topological polar surface area (TPSA) is 101 Å². The summed E-state index contributed by atoms with van der Waals surface area (Å²) in [6.07, 6.45) is 6.28. The summed E-state index contributed by atoms with van der Waals surface area (Å²) in [5.41, 5.74) is -1.33. The molecule has 0 saturated heterocycles. The van der Waals surface area contributed by atoms with Crippen molar-refractivity contribution in [3.8, 4) is 0 Å². The van der Waals surface area contributed by atoms with Gasteiger partial charge in [0, 0.05) is 18.4 Å². The average molecular weight is 378 g/mol. The fraction of sp³-hybridized carbons (Fsp3) is 0.667. The molecule has 6 heteroatoms. The molecule has 0 unspecified atom stereocenters. The third-order valence-electron chi connectivity index (χ3n) is 6.08. The van der Waals surface area contributed by atoms with E-state index >= 15 is 0 Å². The number of rotatable bonds is 6. The SMILES string of the molecule is CC(=O)C[C@@H]1C(=O)[C@@](O)(CO)[C@@H]2CC[C@@](C)(C2)[C@H]1C=COC(=O)C=C(C)C. The molecule has 27 heavy (non-hydrogen) atoms. The second-order valence-corrected chi connectivity index (χ2v) is 8.57. The van der Waals surface area contributed by atoms with Crippen LogP contribution in [0.1, 0.15) is 53.4 Å². The number of ether oxygens (including phenoxy) is 1. The lowest BCUT2D eigenvalue weighted by Crippen LogP contribution is -2.51. The average Bonchev–Trinajstić information content (AvgIpc) is 2.96. The number of hydrogen-bond acceptors (Lipinski definition) is 6. The zero-order valence-corrected chi connectivity index (χ0v) is 16.5. The Bertz CT molecular complexity index is 674. The van der Waals surface area contributed by atoms with Crippen LogP contribution in [0.3, 0.4) is 0 Å². The van der Waals surface area contributed by atoms with Crippen molar-refractivity contribution in [2.75, 3.05) is 6.61 Å². The summed E-state index contributed by atoms with van der Waals surface area (Å²) in [5, 5.41) is 20.7. The normalized spacial score (nSPS) is 35.8. The zero-order valence-electron chi connectivity index (χ0n) is 16.5. The van der Waals surface area contributed by atoms with Crippen molar-refractivity contribution >= 4 is 17.5 Å². The molecule has 2 bridgehead atoms. The zero-order chi connectivity index (χ0) is 20.4. The van der Waals surface area contributed by atoms with Gasteiger partial charge in [-0.2, -0.15) is 0 Å². The number of Topliss-reactive ketones (excluding diaryl/α,β-unsaturated/α-hetero) is 2. The van der Waals surface area contributed by atoms with Crippen molar-refractivity contribution < 1.29 is 29.3 Å². The van der Waals surface area contributed by atoms with Crippen LogP contribution in [0.4, 0.5) is 0 Å². The monoisotopic (exact) mass is 378 g/mol. The van der Waals surface area contributed by atoms with Gasteiger partial charge in [0.05, 0.1) is 12.9 Å². The fourth-order valence-corrected chi connectivity index (χ4v) is 4.72. The molecule has 0 spiro atoms. The molecular weight excluding hydrogens is 348 g/mol. The summed E-state index contributed by atoms with van der Waals surface area (Å²) in [5.74, 6) is -2.60. The van der Waals surface area contributed by atoms with Gasteiger partial charge in [0.2, 0.25) is 0 Å². The van der Waals surface area contributed by atoms with Gasteiger partial charge in [0.15, 0.2) is 5.78 Å². The second-order valence-electron chi connectivity index (χ2n) is 8.57. The summed E-state index contributed by atoms with van der Waals surface area (Å²) in [7, 11) is 0. The number of carbonyl (C=O) groups excluding carboxylic acids is 3. The molecule has 2 N–H and O–H groups in total. The van der Waals surface area contributed by atoms with E-state index < -0.39 is 29.9 Å². The number of aliphatic hydroxyl groups excluding tert-OH is 1. The van der Waals surface area contributed by atoms with Gasteiger partial charge >= 0.3 is 5.97 Å². The molecule has 0 aromatic heterocycles. The number of esters is 1. The molecule has 0 aromatic carbocycles. The molecule has 2 saturated carbocycles. The number of ketones is 2. The van der Waals surface area contributed by atoms with E-state index in [0.717, 1.165) is 12.0 Å². The molecule has 2 rings (SSSR count). The highest BCUT2D eigenvalue weighted by atomic mass is 16.5. The van der Waals surface area contributed by atoms with Crippen molar-refractivity contribution in [3.05, 3.63) is 24.0 Å². The van der Waals surface area contributed by atoms with E-state index in [1.165, 1.54) is 19.3 Å². The Morgan fingerprint density at radius 3 is 2.52 bits per heavy atom. The van der Waals surface area contributed by atoms with Crippen LogP contribution >= 0.6 is 0 Å². The van der Waals surface area contributed by atoms with Gasteiger partial charge in [-0.05, 0) is 63.4 Å². The number of fused-ring (bicyclic) bond motifs is 2. The quantitative estimate of drug-likeness (QED) is 0.418. The molecule has 0 aromatic rings. The van der Waals surface area contributed by atoms with E-state index in [1.807, 2.05) is 6.92 Å². The van der Waals surface area contributed by atoms with E-state index in [2.05, 4.69) is 0 Å². The first-order valence-electron chi connectivity index (χ1n) is 9.42. The van der Waals surface area contributed by atoms with Crippen LogP contribution in [0.2, 0.25) is 0 Å². The Kier molecular flexibility index (Phi) is 6.43. The van der Waals surface area contributed by atoms with E-state index in [1.54, 1.807) is 19.9 Å². The Labute approximate surface area is 160 Å². The van der Waals surface area contributed by atoms with Crippen LogP contribution in [0.5, 0.6) is 0 Å². The number of aliphatic hydroxyl groups is 2. The highest BCUT2D eigenvalue weighted by molar-refractivity contribution is 5.94. The minimum Gasteiger partial charge on any atom is -0.432 e. The molecule has 2 aliphatic carbocycles. The summed E-state index contributed by atoms with van der Waals surface area (Å²) in [6, 6.07) is 0. The highest BCUT2D eigenvalue weighted by Gasteiger charge is 2.59. The minimum atomic E-state index is -1.82. The first kappa shape index (κ1) is 21.5. The lowest BCUT2D eigenvalue weighted by molar-refractivity contribution is -0.154. The Morgan fingerprint density at radius 1 is 1.30 bits per heavy atom. The van der Waals surface area contributed by atoms with Crippen molar-refractivity contribution in [2.45, 2.75) is 59.0 Å². The molecule has 5 atom stereocenters. The number of carbonyl (C=O) groups is 3. The molecule has 0 heterocycles. The van der Waals surface area contributed by atoms with Crippen LogP contribution in [-0.2, 0) is 19.1 Å². The molecule has 150 valence electrons. The smallest absolute Gasteiger partial charge is 0.335 e. The lowest BCUT2D eigenvalue weighted by atomic mass is 9.67.